The number of amides is 2. The minimum Gasteiger partial charge on any atom is -0.423 e. The van der Waals surface area contributed by atoms with Gasteiger partial charge in [-0.2, -0.15) is 0 Å². The van der Waals surface area contributed by atoms with E-state index in [1.807, 2.05) is 4.90 Å². The maximum Gasteiger partial charge on any atom is 1.00 e. The molecule has 1 N–H and O–H groups in total. The molecule has 0 bridgehead atoms. The average Bonchev–Trinajstić information content (AvgIpc) is 3.20. The molecule has 7 nitrogen and oxygen atoms in total. The van der Waals surface area contributed by atoms with Gasteiger partial charge in [-0.3, -0.25) is 13.9 Å². The summed E-state index contributed by atoms with van der Waals surface area (Å²) in [7, 11) is -4.74. The Labute approximate surface area is 217 Å². The number of urea groups is 1. The molecule has 1 fully saturated rings. The number of carbonyl (C=O) groups is 1. The average molecular weight is 464 g/mol. The Balaban J connectivity index is 0.00000240. The van der Waals surface area contributed by atoms with Crippen LogP contribution in [0.5, 0.6) is 0 Å². The van der Waals surface area contributed by atoms with Gasteiger partial charge in [-0.1, -0.05) is 6.07 Å². The zero-order chi connectivity index (χ0) is 19.9. The standard InChI is InChI=1S/C19H27N3O4S2.K/c1-27(24)9-8-22-11-15(12-22)28(25,26)21-19(23)20-18-16-6-2-4-13(16)10-14-5-3-7-17(14)18;/h10,15H,2-9,11-12H2,1H3,(H2,20,21,23);/q;+1/p-1. The summed E-state index contributed by atoms with van der Waals surface area (Å²) in [5.74, 6) is 0.522. The molecule has 3 aliphatic rings. The number of nitrogens with one attached hydrogen (secondary N) is 1. The Morgan fingerprint density at radius 1 is 1.17 bits per heavy atom. The van der Waals surface area contributed by atoms with E-state index in [4.69, 9.17) is 0 Å². The molecule has 1 saturated heterocycles. The van der Waals surface area contributed by atoms with Crippen LogP contribution in [0.15, 0.2) is 6.07 Å². The van der Waals surface area contributed by atoms with Crippen LogP contribution in [-0.4, -0.2) is 60.5 Å². The third-order valence-corrected chi connectivity index (χ3v) is 8.27. The molecule has 1 aromatic carbocycles. The topological polar surface area (TPSA) is 97.7 Å². The van der Waals surface area contributed by atoms with E-state index in [1.54, 1.807) is 6.26 Å². The van der Waals surface area contributed by atoms with Crippen LogP contribution in [0, 0.1) is 0 Å². The summed E-state index contributed by atoms with van der Waals surface area (Å²) in [6, 6.07) is 1.48. The fraction of sp³-hybridized carbons (Fsp3) is 0.632. The van der Waals surface area contributed by atoms with Crippen LogP contribution in [0.3, 0.4) is 0 Å². The van der Waals surface area contributed by atoms with E-state index in [0.717, 1.165) is 55.3 Å². The van der Waals surface area contributed by atoms with Crippen LogP contribution in [0.2, 0.25) is 0 Å². The van der Waals surface area contributed by atoms with Gasteiger partial charge in [0.2, 0.25) is 0 Å². The molecule has 154 valence electrons. The molecular formula is C19H26KN3O4S2. The second-order valence-electron chi connectivity index (χ2n) is 7.93. The van der Waals surface area contributed by atoms with E-state index in [0.29, 0.717) is 25.4 Å². The summed E-state index contributed by atoms with van der Waals surface area (Å²) in [6.07, 6.45) is 7.63. The fourth-order valence-electron chi connectivity index (χ4n) is 4.44. The van der Waals surface area contributed by atoms with E-state index in [1.165, 1.54) is 11.1 Å². The third kappa shape index (κ3) is 5.34. The van der Waals surface area contributed by atoms with Crippen LogP contribution >= 0.6 is 0 Å². The van der Waals surface area contributed by atoms with Crippen molar-refractivity contribution in [2.24, 2.45) is 0 Å². The van der Waals surface area contributed by atoms with Gasteiger partial charge < -0.3 is 10.0 Å². The predicted molar refractivity (Wildman–Crippen MR) is 111 cm³/mol. The summed E-state index contributed by atoms with van der Waals surface area (Å²) < 4.78 is 39.6. The fourth-order valence-corrected chi connectivity index (χ4v) is 6.18. The molecule has 1 aromatic rings. The molecule has 2 amide bonds. The summed E-state index contributed by atoms with van der Waals surface area (Å²) in [4.78, 5) is 14.4. The molecule has 0 aromatic heterocycles. The first kappa shape index (κ1) is 23.8. The van der Waals surface area contributed by atoms with Gasteiger partial charge in [-0.15, -0.1) is 0 Å². The Morgan fingerprint density at radius 2 is 1.76 bits per heavy atom. The van der Waals surface area contributed by atoms with E-state index in [2.05, 4.69) is 16.1 Å². The molecule has 2 aliphatic carbocycles. The van der Waals surface area contributed by atoms with Gasteiger partial charge >= 0.3 is 51.4 Å². The van der Waals surface area contributed by atoms with Gasteiger partial charge in [-0.25, -0.2) is 8.42 Å². The van der Waals surface area contributed by atoms with Crippen LogP contribution in [0.4, 0.5) is 10.5 Å². The third-order valence-electron chi connectivity index (χ3n) is 5.95. The van der Waals surface area contributed by atoms with Crippen molar-refractivity contribution in [3.05, 3.63) is 33.0 Å². The molecule has 4 rings (SSSR count). The van der Waals surface area contributed by atoms with Crippen LogP contribution in [0.1, 0.15) is 35.1 Å². The van der Waals surface area contributed by atoms with E-state index < -0.39 is 32.1 Å². The maximum absolute atomic E-state index is 12.5. The van der Waals surface area contributed by atoms with Crippen molar-refractivity contribution < 1.29 is 68.8 Å². The van der Waals surface area contributed by atoms with Crippen molar-refractivity contribution >= 4 is 32.5 Å². The second kappa shape index (κ2) is 9.77. The molecule has 0 saturated carbocycles. The smallest absolute Gasteiger partial charge is 0.423 e. The van der Waals surface area contributed by atoms with E-state index in [-0.39, 0.29) is 51.4 Å². The number of nitrogens with zero attached hydrogens (tertiary/aromatic N) is 2. The SMILES string of the molecule is CS(=O)CCN1CC(S(=O)(=O)[N-]C(=O)Nc2c3c(cc4c2CCC4)CCC3)C1.[K+]. The zero-order valence-corrected chi connectivity index (χ0v) is 21.8. The molecule has 29 heavy (non-hydrogen) atoms. The number of sulfonamides is 1. The van der Waals surface area contributed by atoms with Gasteiger partial charge in [0.25, 0.3) is 0 Å². The number of rotatable bonds is 6. The van der Waals surface area contributed by atoms with Crippen molar-refractivity contribution in [1.29, 1.82) is 0 Å². The number of anilines is 1. The van der Waals surface area contributed by atoms with Crippen molar-refractivity contribution in [3.8, 4) is 0 Å². The number of carbonyl (C=O) groups excluding carboxylic acids is 1. The summed E-state index contributed by atoms with van der Waals surface area (Å²) >= 11 is 0. The quantitative estimate of drug-likeness (QED) is 0.544. The first-order chi connectivity index (χ1) is 13.3. The molecule has 0 spiro atoms. The first-order valence-electron chi connectivity index (χ1n) is 9.80. The van der Waals surface area contributed by atoms with Crippen LogP contribution in [-0.2, 0) is 46.5 Å². The van der Waals surface area contributed by atoms with Gasteiger partial charge in [-0.05, 0) is 66.5 Å². The van der Waals surface area contributed by atoms with Crippen molar-refractivity contribution in [3.63, 3.8) is 0 Å². The number of aryl methyl sites for hydroxylation is 2. The summed E-state index contributed by atoms with van der Waals surface area (Å²) in [5, 5.41) is 2.16. The van der Waals surface area contributed by atoms with Crippen LogP contribution in [0.25, 0.3) is 4.72 Å². The number of likely N-dealkylation sites (tertiary alicyclic amines) is 1. The molecule has 10 heteroatoms. The van der Waals surface area contributed by atoms with Gasteiger partial charge in [0.05, 0.1) is 5.25 Å². The molecule has 0 radical (unpaired) electrons. The van der Waals surface area contributed by atoms with Gasteiger partial charge in [0.15, 0.2) is 16.1 Å². The number of fused-ring (bicyclic) bond motifs is 2. The van der Waals surface area contributed by atoms with Crippen molar-refractivity contribution in [1.82, 2.24) is 4.90 Å². The van der Waals surface area contributed by atoms with E-state index in [9.17, 15) is 17.4 Å². The van der Waals surface area contributed by atoms with Crippen molar-refractivity contribution in [2.45, 2.75) is 43.8 Å². The molecule has 1 atom stereocenters. The normalized spacial score (nSPS) is 19.6. The first-order valence-corrected chi connectivity index (χ1v) is 13.0. The predicted octanol–water partition coefficient (Wildman–Crippen LogP) is -1.03. The Hall–Kier alpha value is 0.186. The van der Waals surface area contributed by atoms with Crippen molar-refractivity contribution in [2.75, 3.05) is 37.0 Å². The Kier molecular flexibility index (Phi) is 8.03. The Morgan fingerprint density at radius 3 is 2.31 bits per heavy atom. The number of benzene rings is 1. The molecule has 1 heterocycles. The van der Waals surface area contributed by atoms with Crippen LogP contribution < -0.4 is 56.7 Å². The zero-order valence-electron chi connectivity index (χ0n) is 17.1. The molecule has 1 aliphatic heterocycles. The largest absolute Gasteiger partial charge is 1.00 e. The van der Waals surface area contributed by atoms with E-state index >= 15 is 0 Å². The monoisotopic (exact) mass is 463 g/mol. The minimum absolute atomic E-state index is 0. The summed E-state index contributed by atoms with van der Waals surface area (Å²) in [5.41, 5.74) is 5.68. The maximum atomic E-state index is 12.5. The van der Waals surface area contributed by atoms with Gasteiger partial charge in [0, 0.05) is 42.4 Å². The number of hydrogen-bond acceptors (Lipinski definition) is 5. The molecular weight excluding hydrogens is 437 g/mol. The summed E-state index contributed by atoms with van der Waals surface area (Å²) in [6.45, 7) is 1.28. The van der Waals surface area contributed by atoms with Gasteiger partial charge in [0.1, 0.15) is 0 Å². The minimum atomic E-state index is -3.85. The number of hydrogen-bond donors (Lipinski definition) is 1. The second-order valence-corrected chi connectivity index (χ2v) is 11.4. The molecule has 1 unspecified atom stereocenters. The Bertz CT molecular complexity index is 898.